The third-order valence-corrected chi connectivity index (χ3v) is 4.32. The maximum atomic E-state index is 12.6. The first-order valence-electron chi connectivity index (χ1n) is 7.45. The maximum absolute atomic E-state index is 12.6. The highest BCUT2D eigenvalue weighted by molar-refractivity contribution is 5.95. The predicted octanol–water partition coefficient (Wildman–Crippen LogP) is 2.91. The van der Waals surface area contributed by atoms with Gasteiger partial charge in [-0.05, 0) is 36.3 Å². The van der Waals surface area contributed by atoms with Crippen LogP contribution >= 0.6 is 0 Å². The molecule has 0 aromatic carbocycles. The summed E-state index contributed by atoms with van der Waals surface area (Å²) in [4.78, 5) is 18.9. The molecule has 0 spiro atoms. The first-order valence-corrected chi connectivity index (χ1v) is 7.45. The lowest BCUT2D eigenvalue weighted by Crippen LogP contribution is -2.42. The molecule has 1 aliphatic heterocycles. The van der Waals surface area contributed by atoms with E-state index in [4.69, 9.17) is 5.73 Å². The number of carbonyl (C=O) groups is 1. The van der Waals surface area contributed by atoms with Gasteiger partial charge in [0.1, 0.15) is 5.82 Å². The number of pyridine rings is 1. The van der Waals surface area contributed by atoms with Crippen LogP contribution in [0, 0.1) is 11.8 Å². The summed E-state index contributed by atoms with van der Waals surface area (Å²) in [5.41, 5.74) is 7.38. The zero-order valence-corrected chi connectivity index (χ0v) is 12.9. The van der Waals surface area contributed by atoms with Gasteiger partial charge in [-0.15, -0.1) is 0 Å². The van der Waals surface area contributed by atoms with E-state index in [9.17, 15) is 4.79 Å². The van der Waals surface area contributed by atoms with Crippen LogP contribution in [0.5, 0.6) is 0 Å². The number of aromatic nitrogens is 1. The van der Waals surface area contributed by atoms with Crippen molar-refractivity contribution < 1.29 is 4.79 Å². The Morgan fingerprint density at radius 3 is 2.65 bits per heavy atom. The standard InChI is InChI=1S/C16H25N3O/c1-10(2)14-7-13(8-15(17)18-14)16(20)19-6-5-11(3)12(4)9-19/h7-8,10-12H,5-6,9H2,1-4H3,(H2,17,18). The molecular weight excluding hydrogens is 250 g/mol. The molecule has 0 aliphatic carbocycles. The van der Waals surface area contributed by atoms with Crippen molar-refractivity contribution in [2.45, 2.75) is 40.0 Å². The molecule has 0 radical (unpaired) electrons. The molecule has 20 heavy (non-hydrogen) atoms. The number of hydrogen-bond donors (Lipinski definition) is 1. The summed E-state index contributed by atoms with van der Waals surface area (Å²) in [6, 6.07) is 3.57. The molecule has 0 saturated carbocycles. The van der Waals surface area contributed by atoms with Crippen LogP contribution in [-0.4, -0.2) is 28.9 Å². The lowest BCUT2D eigenvalue weighted by atomic mass is 9.88. The van der Waals surface area contributed by atoms with E-state index >= 15 is 0 Å². The van der Waals surface area contributed by atoms with Crippen molar-refractivity contribution in [1.82, 2.24) is 9.88 Å². The Bertz CT molecular complexity index is 498. The Kier molecular flexibility index (Phi) is 4.31. The SMILES string of the molecule is CC(C)c1cc(C(=O)N2CCC(C)C(C)C2)cc(N)n1. The van der Waals surface area contributed by atoms with Gasteiger partial charge in [0.2, 0.25) is 0 Å². The van der Waals surface area contributed by atoms with E-state index in [0.29, 0.717) is 23.2 Å². The van der Waals surface area contributed by atoms with Gasteiger partial charge in [0.25, 0.3) is 5.91 Å². The number of nitrogens with two attached hydrogens (primary N) is 1. The highest BCUT2D eigenvalue weighted by atomic mass is 16.2. The van der Waals surface area contributed by atoms with Crippen molar-refractivity contribution in [1.29, 1.82) is 0 Å². The van der Waals surface area contributed by atoms with E-state index in [1.165, 1.54) is 0 Å². The van der Waals surface area contributed by atoms with Crippen LogP contribution < -0.4 is 5.73 Å². The van der Waals surface area contributed by atoms with Crippen LogP contribution in [0.4, 0.5) is 5.82 Å². The molecule has 1 aliphatic rings. The summed E-state index contributed by atoms with van der Waals surface area (Å²) in [6.45, 7) is 10.3. The van der Waals surface area contributed by atoms with Gasteiger partial charge in [-0.1, -0.05) is 27.7 Å². The minimum absolute atomic E-state index is 0.0831. The highest BCUT2D eigenvalue weighted by Crippen LogP contribution is 2.24. The fourth-order valence-corrected chi connectivity index (χ4v) is 2.62. The Morgan fingerprint density at radius 1 is 1.35 bits per heavy atom. The number of amides is 1. The Morgan fingerprint density at radius 2 is 2.05 bits per heavy atom. The summed E-state index contributed by atoms with van der Waals surface area (Å²) in [7, 11) is 0. The van der Waals surface area contributed by atoms with Crippen LogP contribution in [0.2, 0.25) is 0 Å². The van der Waals surface area contributed by atoms with Crippen LogP contribution in [0.15, 0.2) is 12.1 Å². The molecule has 1 fully saturated rings. The van der Waals surface area contributed by atoms with Crippen molar-refractivity contribution in [2.75, 3.05) is 18.8 Å². The Hall–Kier alpha value is -1.58. The Labute approximate surface area is 121 Å². The largest absolute Gasteiger partial charge is 0.384 e. The molecule has 4 heteroatoms. The molecule has 2 N–H and O–H groups in total. The smallest absolute Gasteiger partial charge is 0.254 e. The number of piperidine rings is 1. The summed E-state index contributed by atoms with van der Waals surface area (Å²) in [5.74, 6) is 2.02. The van der Waals surface area contributed by atoms with Crippen molar-refractivity contribution in [3.05, 3.63) is 23.4 Å². The van der Waals surface area contributed by atoms with Gasteiger partial charge in [-0.3, -0.25) is 4.79 Å². The minimum Gasteiger partial charge on any atom is -0.384 e. The monoisotopic (exact) mass is 275 g/mol. The molecule has 2 rings (SSSR count). The van der Waals surface area contributed by atoms with Gasteiger partial charge in [0, 0.05) is 24.3 Å². The van der Waals surface area contributed by atoms with Gasteiger partial charge >= 0.3 is 0 Å². The van der Waals surface area contributed by atoms with Gasteiger partial charge in [0.15, 0.2) is 0 Å². The number of hydrogen-bond acceptors (Lipinski definition) is 3. The molecule has 110 valence electrons. The zero-order valence-electron chi connectivity index (χ0n) is 12.9. The number of carbonyl (C=O) groups excluding carboxylic acids is 1. The van der Waals surface area contributed by atoms with Crippen molar-refractivity contribution >= 4 is 11.7 Å². The van der Waals surface area contributed by atoms with Crippen LogP contribution in [0.3, 0.4) is 0 Å². The quantitative estimate of drug-likeness (QED) is 0.902. The van der Waals surface area contributed by atoms with Gasteiger partial charge < -0.3 is 10.6 Å². The normalized spacial score (nSPS) is 23.1. The van der Waals surface area contributed by atoms with Crippen LogP contribution in [0.25, 0.3) is 0 Å². The third-order valence-electron chi connectivity index (χ3n) is 4.32. The molecule has 0 bridgehead atoms. The van der Waals surface area contributed by atoms with E-state index in [1.54, 1.807) is 6.07 Å². The number of nitrogens with zero attached hydrogens (tertiary/aromatic N) is 2. The first-order chi connectivity index (χ1) is 9.38. The topological polar surface area (TPSA) is 59.2 Å². The molecule has 1 aromatic heterocycles. The van der Waals surface area contributed by atoms with E-state index < -0.39 is 0 Å². The minimum atomic E-state index is 0.0831. The van der Waals surface area contributed by atoms with E-state index in [2.05, 4.69) is 32.7 Å². The van der Waals surface area contributed by atoms with Gasteiger partial charge in [-0.25, -0.2) is 4.98 Å². The van der Waals surface area contributed by atoms with Crippen LogP contribution in [0.1, 0.15) is 56.1 Å². The summed E-state index contributed by atoms with van der Waals surface area (Å²) >= 11 is 0. The third kappa shape index (κ3) is 3.11. The summed E-state index contributed by atoms with van der Waals surface area (Å²) in [5, 5.41) is 0. The molecule has 2 atom stereocenters. The van der Waals surface area contributed by atoms with Crippen LogP contribution in [-0.2, 0) is 0 Å². The van der Waals surface area contributed by atoms with E-state index in [-0.39, 0.29) is 11.8 Å². The second kappa shape index (κ2) is 5.81. The van der Waals surface area contributed by atoms with Crippen molar-refractivity contribution in [3.63, 3.8) is 0 Å². The first kappa shape index (κ1) is 14.8. The predicted molar refractivity (Wildman–Crippen MR) is 81.6 cm³/mol. The number of nitrogen functional groups attached to an aromatic ring is 1. The zero-order chi connectivity index (χ0) is 14.9. The molecule has 1 aromatic rings. The van der Waals surface area contributed by atoms with Crippen molar-refractivity contribution in [2.24, 2.45) is 11.8 Å². The average molecular weight is 275 g/mol. The Balaban J connectivity index is 2.21. The fourth-order valence-electron chi connectivity index (χ4n) is 2.62. The highest BCUT2D eigenvalue weighted by Gasteiger charge is 2.27. The van der Waals surface area contributed by atoms with E-state index in [1.807, 2.05) is 11.0 Å². The number of rotatable bonds is 2. The average Bonchev–Trinajstić information content (AvgIpc) is 2.40. The lowest BCUT2D eigenvalue weighted by molar-refractivity contribution is 0.0627. The molecule has 1 saturated heterocycles. The fraction of sp³-hybridized carbons (Fsp3) is 0.625. The number of likely N-dealkylation sites (tertiary alicyclic amines) is 1. The maximum Gasteiger partial charge on any atom is 0.254 e. The molecule has 2 unspecified atom stereocenters. The lowest BCUT2D eigenvalue weighted by Gasteiger charge is -2.35. The molecule has 1 amide bonds. The van der Waals surface area contributed by atoms with Crippen molar-refractivity contribution in [3.8, 4) is 0 Å². The molecule has 2 heterocycles. The summed E-state index contributed by atoms with van der Waals surface area (Å²) < 4.78 is 0. The van der Waals surface area contributed by atoms with Gasteiger partial charge in [0.05, 0.1) is 0 Å². The second-order valence-electron chi connectivity index (χ2n) is 6.35. The van der Waals surface area contributed by atoms with E-state index in [0.717, 1.165) is 25.2 Å². The summed E-state index contributed by atoms with van der Waals surface area (Å²) in [6.07, 6.45) is 1.07. The molecular formula is C16H25N3O. The molecule has 4 nitrogen and oxygen atoms in total. The van der Waals surface area contributed by atoms with Gasteiger partial charge in [-0.2, -0.15) is 0 Å². The number of anilines is 1. The second-order valence-corrected chi connectivity index (χ2v) is 6.35.